The van der Waals surface area contributed by atoms with E-state index in [2.05, 4.69) is 0 Å². The average molecular weight is 249 g/mol. The average Bonchev–Trinajstić information content (AvgIpc) is 2.16. The van der Waals surface area contributed by atoms with Gasteiger partial charge in [0, 0.05) is 19.0 Å². The second-order valence-electron chi connectivity index (χ2n) is 5.29. The number of hydrogen-bond donors (Lipinski definition) is 1. The van der Waals surface area contributed by atoms with Gasteiger partial charge in [-0.05, 0) is 36.0 Å². The van der Waals surface area contributed by atoms with Gasteiger partial charge in [-0.1, -0.05) is 18.6 Å². The molecular weight excluding hydrogens is 233 g/mol. The molecule has 3 rings (SSSR count). The van der Waals surface area contributed by atoms with Crippen LogP contribution < -0.4 is 0 Å². The zero-order valence-corrected chi connectivity index (χ0v) is 10.1. The Morgan fingerprint density at radius 3 is 2.50 bits per heavy atom. The van der Waals surface area contributed by atoms with Crippen LogP contribution in [-0.4, -0.2) is 29.2 Å². The minimum absolute atomic E-state index is 0.119. The third-order valence-electron chi connectivity index (χ3n) is 4.19. The molecule has 3 nitrogen and oxygen atoms in total. The molecule has 1 amide bonds. The Bertz CT molecular complexity index is 479. The van der Waals surface area contributed by atoms with Crippen LogP contribution in [0.2, 0.25) is 0 Å². The van der Waals surface area contributed by atoms with Gasteiger partial charge in [0.2, 0.25) is 0 Å². The molecule has 1 heterocycles. The molecule has 0 bridgehead atoms. The van der Waals surface area contributed by atoms with Gasteiger partial charge >= 0.3 is 6.09 Å². The minimum atomic E-state index is -0.891. The van der Waals surface area contributed by atoms with Gasteiger partial charge in [0.25, 0.3) is 0 Å². The van der Waals surface area contributed by atoms with Crippen LogP contribution in [0.4, 0.5) is 9.18 Å². The van der Waals surface area contributed by atoms with Crippen molar-refractivity contribution in [3.63, 3.8) is 0 Å². The van der Waals surface area contributed by atoms with Crippen molar-refractivity contribution >= 4 is 6.09 Å². The van der Waals surface area contributed by atoms with E-state index < -0.39 is 6.09 Å². The van der Waals surface area contributed by atoms with Crippen LogP contribution in [0.15, 0.2) is 18.2 Å². The van der Waals surface area contributed by atoms with Crippen molar-refractivity contribution in [3.05, 3.63) is 35.1 Å². The predicted octanol–water partition coefficient (Wildman–Crippen LogP) is 3.17. The highest BCUT2D eigenvalue weighted by Crippen LogP contribution is 2.38. The number of benzene rings is 1. The molecule has 0 radical (unpaired) electrons. The molecule has 96 valence electrons. The van der Waals surface area contributed by atoms with E-state index in [0.29, 0.717) is 19.0 Å². The Morgan fingerprint density at radius 1 is 1.28 bits per heavy atom. The lowest BCUT2D eigenvalue weighted by Crippen LogP contribution is -2.47. The summed E-state index contributed by atoms with van der Waals surface area (Å²) in [6.07, 6.45) is 2.49. The summed E-state index contributed by atoms with van der Waals surface area (Å²) < 4.78 is 14.0. The lowest BCUT2D eigenvalue weighted by Gasteiger charge is -2.37. The molecule has 2 aliphatic rings. The van der Waals surface area contributed by atoms with Gasteiger partial charge in [-0.2, -0.15) is 0 Å². The van der Waals surface area contributed by atoms with Crippen LogP contribution in [0.3, 0.4) is 0 Å². The van der Waals surface area contributed by atoms with Crippen molar-refractivity contribution in [1.82, 2.24) is 4.90 Å². The van der Waals surface area contributed by atoms with E-state index in [-0.39, 0.29) is 11.7 Å². The Kier molecular flexibility index (Phi) is 2.73. The van der Waals surface area contributed by atoms with Gasteiger partial charge in [0.15, 0.2) is 0 Å². The van der Waals surface area contributed by atoms with E-state index in [1.807, 2.05) is 12.1 Å². The highest BCUT2D eigenvalue weighted by Gasteiger charge is 2.32. The van der Waals surface area contributed by atoms with Crippen LogP contribution in [-0.2, 0) is 0 Å². The quantitative estimate of drug-likeness (QED) is 0.874. The van der Waals surface area contributed by atoms with Gasteiger partial charge in [-0.3, -0.25) is 0 Å². The van der Waals surface area contributed by atoms with Gasteiger partial charge < -0.3 is 10.0 Å². The van der Waals surface area contributed by atoms with Crippen LogP contribution in [0.5, 0.6) is 0 Å². The molecule has 4 heteroatoms. The largest absolute Gasteiger partial charge is 0.465 e. The number of rotatable bonds is 2. The predicted molar refractivity (Wildman–Crippen MR) is 65.3 cm³/mol. The molecule has 1 aliphatic heterocycles. The summed E-state index contributed by atoms with van der Waals surface area (Å²) in [5.74, 6) is 0.438. The van der Waals surface area contributed by atoms with Crippen molar-refractivity contribution in [1.29, 1.82) is 0 Å². The van der Waals surface area contributed by atoms with Gasteiger partial charge in [0.05, 0.1) is 0 Å². The van der Waals surface area contributed by atoms with E-state index in [0.717, 1.165) is 24.0 Å². The number of nitrogens with zero attached hydrogens (tertiary/aromatic N) is 1. The summed E-state index contributed by atoms with van der Waals surface area (Å²) in [4.78, 5) is 12.0. The van der Waals surface area contributed by atoms with Crippen LogP contribution >= 0.6 is 0 Å². The molecule has 0 aromatic heterocycles. The number of halogens is 1. The molecule has 1 saturated heterocycles. The standard InChI is InChI=1S/C14H16FNO2/c15-13-6-10(11-7-16(8-11)14(17)18)4-5-12(13)9-2-1-3-9/h4-6,9,11H,1-3,7-8H2,(H,17,18). The molecule has 2 fully saturated rings. The highest BCUT2D eigenvalue weighted by molar-refractivity contribution is 5.66. The van der Waals surface area contributed by atoms with Crippen molar-refractivity contribution in [2.45, 2.75) is 31.1 Å². The highest BCUT2D eigenvalue weighted by atomic mass is 19.1. The molecule has 0 atom stereocenters. The Hall–Kier alpha value is -1.58. The first-order chi connectivity index (χ1) is 8.65. The maximum Gasteiger partial charge on any atom is 0.407 e. The second kappa shape index (κ2) is 4.26. The molecule has 1 aliphatic carbocycles. The number of carboxylic acid groups (broad SMARTS) is 1. The Morgan fingerprint density at radius 2 is 2.00 bits per heavy atom. The monoisotopic (exact) mass is 249 g/mol. The molecular formula is C14H16FNO2. The lowest BCUT2D eigenvalue weighted by molar-refractivity contribution is 0.105. The van der Waals surface area contributed by atoms with Crippen LogP contribution in [0, 0.1) is 5.82 Å². The molecule has 1 saturated carbocycles. The first kappa shape index (κ1) is 11.5. The van der Waals surface area contributed by atoms with Crippen molar-refractivity contribution in [2.75, 3.05) is 13.1 Å². The summed E-state index contributed by atoms with van der Waals surface area (Å²) in [5, 5.41) is 8.76. The van der Waals surface area contributed by atoms with Gasteiger partial charge in [-0.15, -0.1) is 0 Å². The molecule has 0 unspecified atom stereocenters. The molecule has 18 heavy (non-hydrogen) atoms. The van der Waals surface area contributed by atoms with Gasteiger partial charge in [-0.25, -0.2) is 9.18 Å². The number of likely N-dealkylation sites (tertiary alicyclic amines) is 1. The van der Waals surface area contributed by atoms with E-state index in [4.69, 9.17) is 5.11 Å². The number of carbonyl (C=O) groups is 1. The lowest BCUT2D eigenvalue weighted by atomic mass is 9.79. The van der Waals surface area contributed by atoms with Crippen LogP contribution in [0.25, 0.3) is 0 Å². The molecule has 1 aromatic rings. The summed E-state index contributed by atoms with van der Waals surface area (Å²) >= 11 is 0. The third-order valence-corrected chi connectivity index (χ3v) is 4.19. The first-order valence-electron chi connectivity index (χ1n) is 6.42. The molecule has 0 spiro atoms. The zero-order chi connectivity index (χ0) is 12.7. The smallest absolute Gasteiger partial charge is 0.407 e. The normalized spacial score (nSPS) is 20.4. The Balaban J connectivity index is 1.71. The first-order valence-corrected chi connectivity index (χ1v) is 6.42. The Labute approximate surface area is 105 Å². The third kappa shape index (κ3) is 1.85. The maximum absolute atomic E-state index is 14.0. The van der Waals surface area contributed by atoms with Crippen LogP contribution in [0.1, 0.15) is 42.2 Å². The summed E-state index contributed by atoms with van der Waals surface area (Å²) in [5.41, 5.74) is 1.76. The molecule has 1 aromatic carbocycles. The van der Waals surface area contributed by atoms with E-state index >= 15 is 0 Å². The SMILES string of the molecule is O=C(O)N1CC(c2ccc(C3CCC3)c(F)c2)C1. The van der Waals surface area contributed by atoms with Crippen molar-refractivity contribution in [2.24, 2.45) is 0 Å². The topological polar surface area (TPSA) is 40.5 Å². The fourth-order valence-electron chi connectivity index (χ4n) is 2.69. The summed E-state index contributed by atoms with van der Waals surface area (Å²) in [7, 11) is 0. The number of amides is 1. The van der Waals surface area contributed by atoms with E-state index in [9.17, 15) is 9.18 Å². The van der Waals surface area contributed by atoms with Crippen molar-refractivity contribution < 1.29 is 14.3 Å². The van der Waals surface area contributed by atoms with E-state index in [1.54, 1.807) is 6.07 Å². The zero-order valence-electron chi connectivity index (χ0n) is 10.1. The fourth-order valence-corrected chi connectivity index (χ4v) is 2.69. The fraction of sp³-hybridized carbons (Fsp3) is 0.500. The maximum atomic E-state index is 14.0. The van der Waals surface area contributed by atoms with E-state index in [1.165, 1.54) is 11.3 Å². The molecule has 1 N–H and O–H groups in total. The minimum Gasteiger partial charge on any atom is -0.465 e. The van der Waals surface area contributed by atoms with Gasteiger partial charge in [0.1, 0.15) is 5.82 Å². The summed E-state index contributed by atoms with van der Waals surface area (Å²) in [6.45, 7) is 0.967. The summed E-state index contributed by atoms with van der Waals surface area (Å²) in [6, 6.07) is 5.44. The number of hydrogen-bond acceptors (Lipinski definition) is 1. The van der Waals surface area contributed by atoms with Crippen molar-refractivity contribution in [3.8, 4) is 0 Å². The second-order valence-corrected chi connectivity index (χ2v) is 5.29.